The minimum absolute atomic E-state index is 0.0638. The molecule has 3 heterocycles. The van der Waals surface area contributed by atoms with Crippen molar-refractivity contribution in [1.82, 2.24) is 20.4 Å². The third-order valence-electron chi connectivity index (χ3n) is 4.47. The predicted molar refractivity (Wildman–Crippen MR) is 90.3 cm³/mol. The molecule has 3 rings (SSSR count). The summed E-state index contributed by atoms with van der Waals surface area (Å²) in [7, 11) is 0. The number of H-pyrrole nitrogens is 1. The molecule has 132 valence electrons. The Morgan fingerprint density at radius 1 is 1.33 bits per heavy atom. The van der Waals surface area contributed by atoms with Crippen LogP contribution >= 0.6 is 0 Å². The number of nitrogens with zero attached hydrogens (tertiary/aromatic N) is 2. The van der Waals surface area contributed by atoms with Gasteiger partial charge in [-0.15, -0.1) is 0 Å². The zero-order valence-electron chi connectivity index (χ0n) is 13.9. The van der Waals surface area contributed by atoms with Gasteiger partial charge in [0.1, 0.15) is 0 Å². The Labute approximate surface area is 141 Å². The molecule has 8 heteroatoms. The number of aromatic nitrogens is 2. The van der Waals surface area contributed by atoms with E-state index in [0.717, 1.165) is 64.3 Å². The number of aromatic amines is 1. The smallest absolute Gasteiger partial charge is 0.269 e. The molecule has 1 saturated heterocycles. The summed E-state index contributed by atoms with van der Waals surface area (Å²) in [5.41, 5.74) is 1.92. The van der Waals surface area contributed by atoms with Crippen LogP contribution in [0.25, 0.3) is 0 Å². The first kappa shape index (κ1) is 16.9. The lowest BCUT2D eigenvalue weighted by atomic mass is 10.0. The highest BCUT2D eigenvalue weighted by atomic mass is 16.5. The molecular formula is C16H25N5O3. The SMILES string of the molecule is O=C(Cc1n[nH]c(=O)c2c1NCCC2)NCCCN1CCOCC1. The normalized spacial score (nSPS) is 17.8. The molecule has 2 aliphatic rings. The first-order chi connectivity index (χ1) is 11.7. The van der Waals surface area contributed by atoms with E-state index in [0.29, 0.717) is 17.8 Å². The number of ether oxygens (including phenoxy) is 1. The van der Waals surface area contributed by atoms with Crippen molar-refractivity contribution in [2.24, 2.45) is 0 Å². The zero-order chi connectivity index (χ0) is 16.8. The Kier molecular flexibility index (Phi) is 5.81. The maximum Gasteiger partial charge on any atom is 0.269 e. The lowest BCUT2D eigenvalue weighted by Gasteiger charge is -2.26. The van der Waals surface area contributed by atoms with Gasteiger partial charge in [0.2, 0.25) is 5.91 Å². The van der Waals surface area contributed by atoms with E-state index in [1.54, 1.807) is 0 Å². The van der Waals surface area contributed by atoms with Gasteiger partial charge in [-0.2, -0.15) is 5.10 Å². The molecule has 0 spiro atoms. The van der Waals surface area contributed by atoms with Crippen molar-refractivity contribution >= 4 is 11.6 Å². The Balaban J connectivity index is 1.46. The van der Waals surface area contributed by atoms with Crippen LogP contribution in [0.3, 0.4) is 0 Å². The Morgan fingerprint density at radius 2 is 2.17 bits per heavy atom. The van der Waals surface area contributed by atoms with Crippen molar-refractivity contribution in [3.8, 4) is 0 Å². The quantitative estimate of drug-likeness (QED) is 0.607. The van der Waals surface area contributed by atoms with Crippen LogP contribution in [-0.4, -0.2) is 66.9 Å². The topological polar surface area (TPSA) is 99.3 Å². The molecule has 8 nitrogen and oxygen atoms in total. The summed E-state index contributed by atoms with van der Waals surface area (Å²) >= 11 is 0. The first-order valence-corrected chi connectivity index (χ1v) is 8.65. The summed E-state index contributed by atoms with van der Waals surface area (Å²) in [5.74, 6) is -0.0638. The van der Waals surface area contributed by atoms with E-state index >= 15 is 0 Å². The zero-order valence-corrected chi connectivity index (χ0v) is 13.9. The highest BCUT2D eigenvalue weighted by Gasteiger charge is 2.19. The first-order valence-electron chi connectivity index (χ1n) is 8.65. The minimum atomic E-state index is -0.160. The van der Waals surface area contributed by atoms with E-state index in [1.807, 2.05) is 0 Å². The van der Waals surface area contributed by atoms with Crippen LogP contribution in [0.1, 0.15) is 24.1 Å². The number of nitrogens with one attached hydrogen (secondary N) is 3. The summed E-state index contributed by atoms with van der Waals surface area (Å²) in [6.45, 7) is 5.95. The van der Waals surface area contributed by atoms with Gasteiger partial charge in [0.15, 0.2) is 0 Å². The van der Waals surface area contributed by atoms with Crippen molar-refractivity contribution in [2.45, 2.75) is 25.7 Å². The fourth-order valence-electron chi connectivity index (χ4n) is 3.15. The number of anilines is 1. The van der Waals surface area contributed by atoms with Crippen molar-refractivity contribution in [3.63, 3.8) is 0 Å². The lowest BCUT2D eigenvalue weighted by Crippen LogP contribution is -2.38. The van der Waals surface area contributed by atoms with Crippen LogP contribution in [0.5, 0.6) is 0 Å². The number of rotatable bonds is 6. The standard InChI is InChI=1S/C16H25N5O3/c22-14(17-5-2-6-21-7-9-24-10-8-21)11-13-15-12(3-1-4-18-15)16(23)20-19-13/h18H,1-11H2,(H,17,22)(H,20,23). The molecule has 0 saturated carbocycles. The van der Waals surface area contributed by atoms with Crippen molar-refractivity contribution in [2.75, 3.05) is 51.3 Å². The summed E-state index contributed by atoms with van der Waals surface area (Å²) in [4.78, 5) is 26.3. The second-order valence-electron chi connectivity index (χ2n) is 6.22. The molecule has 1 fully saturated rings. The van der Waals surface area contributed by atoms with Gasteiger partial charge in [0, 0.05) is 31.7 Å². The molecule has 0 aliphatic carbocycles. The number of carbonyl (C=O) groups is 1. The number of carbonyl (C=O) groups excluding carboxylic acids is 1. The van der Waals surface area contributed by atoms with Gasteiger partial charge in [-0.05, 0) is 25.8 Å². The Morgan fingerprint density at radius 3 is 3.00 bits per heavy atom. The maximum absolute atomic E-state index is 12.1. The highest BCUT2D eigenvalue weighted by Crippen LogP contribution is 2.21. The lowest BCUT2D eigenvalue weighted by molar-refractivity contribution is -0.120. The number of hydrogen-bond donors (Lipinski definition) is 3. The molecule has 0 unspecified atom stereocenters. The molecule has 0 atom stereocenters. The monoisotopic (exact) mass is 335 g/mol. The number of amides is 1. The summed E-state index contributed by atoms with van der Waals surface area (Å²) in [5, 5.41) is 12.7. The van der Waals surface area contributed by atoms with Gasteiger partial charge in [0.05, 0.1) is 31.0 Å². The van der Waals surface area contributed by atoms with Crippen LogP contribution in [0, 0.1) is 0 Å². The van der Waals surface area contributed by atoms with Gasteiger partial charge in [-0.25, -0.2) is 5.10 Å². The minimum Gasteiger partial charge on any atom is -0.383 e. The summed E-state index contributed by atoms with van der Waals surface area (Å²) in [6, 6.07) is 0. The van der Waals surface area contributed by atoms with E-state index < -0.39 is 0 Å². The predicted octanol–water partition coefficient (Wildman–Crippen LogP) is -0.491. The van der Waals surface area contributed by atoms with E-state index in [-0.39, 0.29) is 17.9 Å². The summed E-state index contributed by atoms with van der Waals surface area (Å²) < 4.78 is 5.31. The number of fused-ring (bicyclic) bond motifs is 1. The average molecular weight is 335 g/mol. The second kappa shape index (κ2) is 8.25. The van der Waals surface area contributed by atoms with Crippen LogP contribution in [-0.2, 0) is 22.4 Å². The van der Waals surface area contributed by atoms with Crippen LogP contribution < -0.4 is 16.2 Å². The second-order valence-corrected chi connectivity index (χ2v) is 6.22. The summed E-state index contributed by atoms with van der Waals surface area (Å²) in [6.07, 6.45) is 2.76. The third-order valence-corrected chi connectivity index (χ3v) is 4.47. The van der Waals surface area contributed by atoms with Crippen LogP contribution in [0.15, 0.2) is 4.79 Å². The molecule has 0 aromatic carbocycles. The fraction of sp³-hybridized carbons (Fsp3) is 0.688. The van der Waals surface area contributed by atoms with Crippen molar-refractivity contribution in [3.05, 3.63) is 21.6 Å². The largest absolute Gasteiger partial charge is 0.383 e. The molecule has 2 aliphatic heterocycles. The van der Waals surface area contributed by atoms with Gasteiger partial charge >= 0.3 is 0 Å². The molecule has 1 aromatic rings. The number of hydrogen-bond acceptors (Lipinski definition) is 6. The molecule has 24 heavy (non-hydrogen) atoms. The van der Waals surface area contributed by atoms with E-state index in [2.05, 4.69) is 25.7 Å². The molecule has 1 aromatic heterocycles. The molecule has 3 N–H and O–H groups in total. The van der Waals surface area contributed by atoms with Crippen molar-refractivity contribution < 1.29 is 9.53 Å². The third kappa shape index (κ3) is 4.33. The fourth-order valence-corrected chi connectivity index (χ4v) is 3.15. The van der Waals surface area contributed by atoms with Gasteiger partial charge in [-0.3, -0.25) is 14.5 Å². The molecule has 0 radical (unpaired) electrons. The van der Waals surface area contributed by atoms with Crippen molar-refractivity contribution in [1.29, 1.82) is 0 Å². The number of morpholine rings is 1. The average Bonchev–Trinajstić information content (AvgIpc) is 2.62. The molecule has 1 amide bonds. The van der Waals surface area contributed by atoms with E-state index in [9.17, 15) is 9.59 Å². The van der Waals surface area contributed by atoms with Gasteiger partial charge < -0.3 is 15.4 Å². The van der Waals surface area contributed by atoms with Gasteiger partial charge in [-0.1, -0.05) is 0 Å². The van der Waals surface area contributed by atoms with Crippen LogP contribution in [0.4, 0.5) is 5.69 Å². The highest BCUT2D eigenvalue weighted by molar-refractivity contribution is 5.80. The van der Waals surface area contributed by atoms with Gasteiger partial charge in [0.25, 0.3) is 5.56 Å². The Bertz CT molecular complexity index is 625. The molecule has 0 bridgehead atoms. The van der Waals surface area contributed by atoms with E-state index in [4.69, 9.17) is 4.74 Å². The Hall–Kier alpha value is -1.93. The maximum atomic E-state index is 12.1. The van der Waals surface area contributed by atoms with Crippen LogP contribution in [0.2, 0.25) is 0 Å². The van der Waals surface area contributed by atoms with E-state index in [1.165, 1.54) is 0 Å². The molecular weight excluding hydrogens is 310 g/mol.